The van der Waals surface area contributed by atoms with E-state index in [4.69, 9.17) is 0 Å². The Morgan fingerprint density at radius 2 is 2.00 bits per heavy atom. The Hall–Kier alpha value is -1.17. The van der Waals surface area contributed by atoms with Crippen molar-refractivity contribution in [2.75, 3.05) is 23.4 Å². The second kappa shape index (κ2) is 5.25. The smallest absolute Gasteiger partial charge is 0.181 e. The molecule has 6 heteroatoms. The van der Waals surface area contributed by atoms with E-state index in [2.05, 4.69) is 5.32 Å². The average molecular weight is 249 g/mol. The van der Waals surface area contributed by atoms with E-state index in [0.29, 0.717) is 0 Å². The zero-order valence-corrected chi connectivity index (χ0v) is 9.65. The Balaban J connectivity index is 2.59. The van der Waals surface area contributed by atoms with Gasteiger partial charge in [0.25, 0.3) is 0 Å². The van der Waals surface area contributed by atoms with Crippen molar-refractivity contribution < 1.29 is 17.2 Å². The molecular formula is C10H13F2NO2S. The van der Waals surface area contributed by atoms with Crippen molar-refractivity contribution >= 4 is 15.5 Å². The second-order valence-corrected chi connectivity index (χ2v) is 5.74. The first-order chi connectivity index (χ1) is 7.46. The molecule has 0 saturated carbocycles. The van der Waals surface area contributed by atoms with Gasteiger partial charge in [-0.25, -0.2) is 17.2 Å². The summed E-state index contributed by atoms with van der Waals surface area (Å²) in [6.07, 6.45) is 0. The van der Waals surface area contributed by atoms with Crippen LogP contribution in [-0.2, 0) is 9.84 Å². The number of hydrogen-bond donors (Lipinski definition) is 1. The molecule has 0 aromatic heterocycles. The van der Waals surface area contributed by atoms with Crippen molar-refractivity contribution in [1.82, 2.24) is 0 Å². The van der Waals surface area contributed by atoms with E-state index in [1.807, 2.05) is 0 Å². The zero-order valence-electron chi connectivity index (χ0n) is 8.83. The summed E-state index contributed by atoms with van der Waals surface area (Å²) in [5.41, 5.74) is -0.0219. The predicted octanol–water partition coefficient (Wildman–Crippen LogP) is 1.81. The molecule has 1 rings (SSSR count). The van der Waals surface area contributed by atoms with Gasteiger partial charge in [-0.2, -0.15) is 0 Å². The lowest BCUT2D eigenvalue weighted by Crippen LogP contribution is -2.17. The standard InChI is InChI=1S/C10H13F2NO2S/c1-2-16(14,15)7-6-13-9-5-3-4-8(11)10(9)12/h3-5,13H,2,6-7H2,1H3. The minimum atomic E-state index is -3.09. The SMILES string of the molecule is CCS(=O)(=O)CCNc1cccc(F)c1F. The summed E-state index contributed by atoms with van der Waals surface area (Å²) >= 11 is 0. The Bertz CT molecular complexity index is 460. The quantitative estimate of drug-likeness (QED) is 0.865. The third-order valence-corrected chi connectivity index (χ3v) is 3.83. The van der Waals surface area contributed by atoms with Gasteiger partial charge in [-0.05, 0) is 12.1 Å². The fraction of sp³-hybridized carbons (Fsp3) is 0.400. The molecule has 90 valence electrons. The first kappa shape index (κ1) is 12.9. The molecule has 0 bridgehead atoms. The summed E-state index contributed by atoms with van der Waals surface area (Å²) in [5.74, 6) is -2.00. The largest absolute Gasteiger partial charge is 0.382 e. The lowest BCUT2D eigenvalue weighted by atomic mass is 10.3. The van der Waals surface area contributed by atoms with E-state index in [0.717, 1.165) is 6.07 Å². The summed E-state index contributed by atoms with van der Waals surface area (Å²) in [6, 6.07) is 3.72. The second-order valence-electron chi connectivity index (χ2n) is 3.26. The summed E-state index contributed by atoms with van der Waals surface area (Å²) < 4.78 is 48.2. The molecule has 0 spiro atoms. The Morgan fingerprint density at radius 3 is 2.62 bits per heavy atom. The first-order valence-corrected chi connectivity index (χ1v) is 6.66. The molecule has 16 heavy (non-hydrogen) atoms. The molecule has 0 aliphatic carbocycles. The molecule has 1 N–H and O–H groups in total. The van der Waals surface area contributed by atoms with Crippen LogP contribution in [0.4, 0.5) is 14.5 Å². The number of halogens is 2. The summed E-state index contributed by atoms with van der Waals surface area (Å²) in [7, 11) is -3.09. The first-order valence-electron chi connectivity index (χ1n) is 4.84. The number of sulfone groups is 1. The summed E-state index contributed by atoms with van der Waals surface area (Å²) in [5, 5.41) is 2.55. The molecule has 0 radical (unpaired) electrons. The number of anilines is 1. The fourth-order valence-electron chi connectivity index (χ4n) is 1.13. The van der Waals surface area contributed by atoms with E-state index in [1.165, 1.54) is 19.1 Å². The molecule has 3 nitrogen and oxygen atoms in total. The van der Waals surface area contributed by atoms with Crippen molar-refractivity contribution in [2.24, 2.45) is 0 Å². The average Bonchev–Trinajstić information content (AvgIpc) is 2.24. The van der Waals surface area contributed by atoms with Crippen LogP contribution in [0.15, 0.2) is 18.2 Å². The molecule has 1 aromatic carbocycles. The number of hydrogen-bond acceptors (Lipinski definition) is 3. The van der Waals surface area contributed by atoms with Crippen molar-refractivity contribution in [3.63, 3.8) is 0 Å². The van der Waals surface area contributed by atoms with Crippen LogP contribution in [-0.4, -0.2) is 26.5 Å². The highest BCUT2D eigenvalue weighted by Crippen LogP contribution is 2.16. The minimum absolute atomic E-state index is 0.0219. The zero-order chi connectivity index (χ0) is 12.2. The molecule has 0 fully saturated rings. The van der Waals surface area contributed by atoms with Gasteiger partial charge in [0.1, 0.15) is 0 Å². The highest BCUT2D eigenvalue weighted by atomic mass is 32.2. The van der Waals surface area contributed by atoms with Crippen LogP contribution in [0.5, 0.6) is 0 Å². The fourth-order valence-corrected chi connectivity index (χ4v) is 1.83. The maximum Gasteiger partial charge on any atom is 0.181 e. The van der Waals surface area contributed by atoms with E-state index in [9.17, 15) is 17.2 Å². The highest BCUT2D eigenvalue weighted by molar-refractivity contribution is 7.91. The predicted molar refractivity (Wildman–Crippen MR) is 59.2 cm³/mol. The number of benzene rings is 1. The topological polar surface area (TPSA) is 46.2 Å². The lowest BCUT2D eigenvalue weighted by Gasteiger charge is -2.07. The molecule has 0 aliphatic heterocycles. The van der Waals surface area contributed by atoms with E-state index >= 15 is 0 Å². The van der Waals surface area contributed by atoms with Crippen LogP contribution in [0.3, 0.4) is 0 Å². The lowest BCUT2D eigenvalue weighted by molar-refractivity contribution is 0.511. The van der Waals surface area contributed by atoms with E-state index in [-0.39, 0.29) is 23.7 Å². The monoisotopic (exact) mass is 249 g/mol. The Labute approximate surface area is 93.4 Å². The summed E-state index contributed by atoms with van der Waals surface area (Å²) in [4.78, 5) is 0. The molecule has 0 aliphatic rings. The van der Waals surface area contributed by atoms with Gasteiger partial charge in [0.05, 0.1) is 11.4 Å². The molecule has 1 aromatic rings. The van der Waals surface area contributed by atoms with Crippen LogP contribution in [0.2, 0.25) is 0 Å². The van der Waals surface area contributed by atoms with Gasteiger partial charge < -0.3 is 5.32 Å². The van der Waals surface area contributed by atoms with Gasteiger partial charge in [0, 0.05) is 12.3 Å². The van der Waals surface area contributed by atoms with Crippen molar-refractivity contribution in [3.05, 3.63) is 29.8 Å². The number of nitrogens with one attached hydrogen (secondary N) is 1. The van der Waals surface area contributed by atoms with Crippen molar-refractivity contribution in [2.45, 2.75) is 6.92 Å². The van der Waals surface area contributed by atoms with Gasteiger partial charge >= 0.3 is 0 Å². The van der Waals surface area contributed by atoms with Crippen LogP contribution in [0.25, 0.3) is 0 Å². The molecule has 0 saturated heterocycles. The van der Waals surface area contributed by atoms with Crippen LogP contribution in [0, 0.1) is 11.6 Å². The van der Waals surface area contributed by atoms with Gasteiger partial charge in [-0.1, -0.05) is 13.0 Å². The Kier molecular flexibility index (Phi) is 4.23. The third-order valence-electron chi connectivity index (χ3n) is 2.12. The molecule has 0 unspecified atom stereocenters. The third kappa shape index (κ3) is 3.44. The van der Waals surface area contributed by atoms with Crippen molar-refractivity contribution in [3.8, 4) is 0 Å². The molecular weight excluding hydrogens is 236 g/mol. The normalized spacial score (nSPS) is 11.4. The molecule has 0 amide bonds. The highest BCUT2D eigenvalue weighted by Gasteiger charge is 2.09. The molecule has 0 atom stereocenters. The minimum Gasteiger partial charge on any atom is -0.382 e. The van der Waals surface area contributed by atoms with Crippen LogP contribution in [0.1, 0.15) is 6.92 Å². The van der Waals surface area contributed by atoms with Gasteiger partial charge in [0.15, 0.2) is 21.5 Å². The van der Waals surface area contributed by atoms with E-state index < -0.39 is 21.5 Å². The van der Waals surface area contributed by atoms with E-state index in [1.54, 1.807) is 0 Å². The number of rotatable bonds is 5. The molecule has 0 heterocycles. The van der Waals surface area contributed by atoms with Crippen LogP contribution >= 0.6 is 0 Å². The van der Waals surface area contributed by atoms with Crippen LogP contribution < -0.4 is 5.32 Å². The maximum atomic E-state index is 13.1. The van der Waals surface area contributed by atoms with Gasteiger partial charge in [-0.3, -0.25) is 0 Å². The maximum absolute atomic E-state index is 13.1. The van der Waals surface area contributed by atoms with Gasteiger partial charge in [-0.15, -0.1) is 0 Å². The summed E-state index contributed by atoms with van der Waals surface area (Å²) in [6.45, 7) is 1.61. The Morgan fingerprint density at radius 1 is 1.31 bits per heavy atom. The van der Waals surface area contributed by atoms with Gasteiger partial charge in [0.2, 0.25) is 0 Å². The van der Waals surface area contributed by atoms with Crippen molar-refractivity contribution in [1.29, 1.82) is 0 Å².